The van der Waals surface area contributed by atoms with Crippen molar-refractivity contribution in [3.8, 4) is 17.6 Å². The SMILES string of the molecule is COc1ccc(C(=O)/C(C#N)=C/NC2CC2)c(OC)c1. The third kappa shape index (κ3) is 3.09. The van der Waals surface area contributed by atoms with Crippen molar-refractivity contribution in [1.82, 2.24) is 5.32 Å². The smallest absolute Gasteiger partial charge is 0.208 e. The van der Waals surface area contributed by atoms with Gasteiger partial charge in [0.1, 0.15) is 23.1 Å². The molecule has 0 bridgehead atoms. The first kappa shape index (κ1) is 13.9. The van der Waals surface area contributed by atoms with Gasteiger partial charge in [-0.1, -0.05) is 0 Å². The summed E-state index contributed by atoms with van der Waals surface area (Å²) < 4.78 is 10.3. The Labute approximate surface area is 117 Å². The van der Waals surface area contributed by atoms with Crippen LogP contribution in [0.3, 0.4) is 0 Å². The van der Waals surface area contributed by atoms with E-state index in [1.54, 1.807) is 18.2 Å². The van der Waals surface area contributed by atoms with E-state index in [1.165, 1.54) is 20.4 Å². The van der Waals surface area contributed by atoms with Crippen molar-refractivity contribution in [2.45, 2.75) is 18.9 Å². The van der Waals surface area contributed by atoms with Gasteiger partial charge in [-0.25, -0.2) is 0 Å². The summed E-state index contributed by atoms with van der Waals surface area (Å²) in [6.45, 7) is 0. The number of ketones is 1. The molecule has 5 nitrogen and oxygen atoms in total. The van der Waals surface area contributed by atoms with Gasteiger partial charge in [-0.15, -0.1) is 0 Å². The Balaban J connectivity index is 2.26. The predicted octanol–water partition coefficient (Wildman–Crippen LogP) is 2.05. The molecular formula is C15H16N2O3. The number of carbonyl (C=O) groups excluding carboxylic acids is 1. The van der Waals surface area contributed by atoms with Crippen LogP contribution in [-0.4, -0.2) is 26.0 Å². The largest absolute Gasteiger partial charge is 0.497 e. The maximum Gasteiger partial charge on any atom is 0.208 e. The molecule has 1 aromatic carbocycles. The lowest BCUT2D eigenvalue weighted by Crippen LogP contribution is -2.12. The van der Waals surface area contributed by atoms with Gasteiger partial charge in [0.25, 0.3) is 0 Å². The van der Waals surface area contributed by atoms with Crippen molar-refractivity contribution in [2.24, 2.45) is 0 Å². The van der Waals surface area contributed by atoms with E-state index in [0.717, 1.165) is 12.8 Å². The molecule has 1 aliphatic rings. The minimum Gasteiger partial charge on any atom is -0.497 e. The Hall–Kier alpha value is -2.48. The number of hydrogen-bond acceptors (Lipinski definition) is 5. The summed E-state index contributed by atoms with van der Waals surface area (Å²) >= 11 is 0. The zero-order valence-corrected chi connectivity index (χ0v) is 11.5. The van der Waals surface area contributed by atoms with E-state index in [2.05, 4.69) is 5.32 Å². The maximum absolute atomic E-state index is 12.3. The second-order valence-corrected chi connectivity index (χ2v) is 4.51. The van der Waals surface area contributed by atoms with E-state index >= 15 is 0 Å². The summed E-state index contributed by atoms with van der Waals surface area (Å²) in [5, 5.41) is 12.2. The first-order valence-electron chi connectivity index (χ1n) is 6.32. The van der Waals surface area contributed by atoms with Crippen LogP contribution >= 0.6 is 0 Å². The van der Waals surface area contributed by atoms with Crippen molar-refractivity contribution in [3.63, 3.8) is 0 Å². The van der Waals surface area contributed by atoms with E-state index in [-0.39, 0.29) is 11.4 Å². The molecule has 2 rings (SSSR count). The lowest BCUT2D eigenvalue weighted by atomic mass is 10.0. The lowest BCUT2D eigenvalue weighted by molar-refractivity contribution is 0.103. The third-order valence-corrected chi connectivity index (χ3v) is 3.06. The van der Waals surface area contributed by atoms with Crippen LogP contribution in [0.1, 0.15) is 23.2 Å². The highest BCUT2D eigenvalue weighted by atomic mass is 16.5. The highest BCUT2D eigenvalue weighted by Gasteiger charge is 2.21. The number of nitriles is 1. The Morgan fingerprint density at radius 2 is 2.15 bits per heavy atom. The molecule has 0 amide bonds. The number of benzene rings is 1. The monoisotopic (exact) mass is 272 g/mol. The molecule has 5 heteroatoms. The minimum atomic E-state index is -0.361. The van der Waals surface area contributed by atoms with Crippen molar-refractivity contribution < 1.29 is 14.3 Å². The molecule has 1 aliphatic carbocycles. The van der Waals surface area contributed by atoms with Gasteiger partial charge in [-0.2, -0.15) is 5.26 Å². The van der Waals surface area contributed by atoms with Crippen LogP contribution in [0.2, 0.25) is 0 Å². The molecule has 0 atom stereocenters. The van der Waals surface area contributed by atoms with Gasteiger partial charge in [-0.3, -0.25) is 4.79 Å². The zero-order chi connectivity index (χ0) is 14.5. The van der Waals surface area contributed by atoms with Crippen molar-refractivity contribution in [1.29, 1.82) is 5.26 Å². The van der Waals surface area contributed by atoms with Crippen LogP contribution in [0.25, 0.3) is 0 Å². The van der Waals surface area contributed by atoms with E-state index < -0.39 is 0 Å². The van der Waals surface area contributed by atoms with Crippen molar-refractivity contribution in [3.05, 3.63) is 35.5 Å². The number of nitrogens with one attached hydrogen (secondary N) is 1. The molecule has 0 unspecified atom stereocenters. The normalized spacial score (nSPS) is 14.3. The number of hydrogen-bond donors (Lipinski definition) is 1. The first-order chi connectivity index (χ1) is 9.69. The van der Waals surface area contributed by atoms with E-state index in [0.29, 0.717) is 23.1 Å². The second-order valence-electron chi connectivity index (χ2n) is 4.51. The van der Waals surface area contributed by atoms with Gasteiger partial charge in [0.2, 0.25) is 5.78 Å². The van der Waals surface area contributed by atoms with Gasteiger partial charge in [0, 0.05) is 18.3 Å². The summed E-state index contributed by atoms with van der Waals surface area (Å²) in [5.41, 5.74) is 0.416. The van der Waals surface area contributed by atoms with Crippen LogP contribution < -0.4 is 14.8 Å². The fourth-order valence-electron chi connectivity index (χ4n) is 1.73. The number of rotatable bonds is 6. The fraction of sp³-hybridized carbons (Fsp3) is 0.333. The zero-order valence-electron chi connectivity index (χ0n) is 11.5. The van der Waals surface area contributed by atoms with E-state index in [4.69, 9.17) is 14.7 Å². The molecule has 20 heavy (non-hydrogen) atoms. The molecule has 0 aromatic heterocycles. The van der Waals surface area contributed by atoms with E-state index in [9.17, 15) is 4.79 Å². The number of allylic oxidation sites excluding steroid dienone is 1. The third-order valence-electron chi connectivity index (χ3n) is 3.06. The van der Waals surface area contributed by atoms with Crippen LogP contribution in [0, 0.1) is 11.3 Å². The molecule has 0 aliphatic heterocycles. The Morgan fingerprint density at radius 1 is 1.40 bits per heavy atom. The van der Waals surface area contributed by atoms with Gasteiger partial charge >= 0.3 is 0 Å². The number of carbonyl (C=O) groups is 1. The van der Waals surface area contributed by atoms with Crippen LogP contribution in [0.4, 0.5) is 0 Å². The molecule has 0 saturated heterocycles. The molecule has 0 spiro atoms. The average molecular weight is 272 g/mol. The highest BCUT2D eigenvalue weighted by Crippen LogP contribution is 2.26. The molecule has 0 heterocycles. The molecule has 1 aromatic rings. The quantitative estimate of drug-likeness (QED) is 0.487. The van der Waals surface area contributed by atoms with Crippen molar-refractivity contribution in [2.75, 3.05) is 14.2 Å². The Morgan fingerprint density at radius 3 is 2.70 bits per heavy atom. The van der Waals surface area contributed by atoms with Crippen LogP contribution in [0.15, 0.2) is 30.0 Å². The van der Waals surface area contributed by atoms with Crippen LogP contribution in [-0.2, 0) is 0 Å². The minimum absolute atomic E-state index is 0.0698. The van der Waals surface area contributed by atoms with Gasteiger partial charge in [0.15, 0.2) is 0 Å². The Bertz CT molecular complexity index is 583. The number of ether oxygens (including phenoxy) is 2. The number of methoxy groups -OCH3 is 2. The first-order valence-corrected chi connectivity index (χ1v) is 6.32. The number of Topliss-reactive ketones (excluding diaryl/α,β-unsaturated/α-hetero) is 1. The Kier molecular flexibility index (Phi) is 4.26. The number of nitrogens with zero attached hydrogens (tertiary/aromatic N) is 1. The molecule has 0 radical (unpaired) electrons. The summed E-state index contributed by atoms with van der Waals surface area (Å²) in [6.07, 6.45) is 3.65. The molecule has 1 saturated carbocycles. The summed E-state index contributed by atoms with van der Waals surface area (Å²) in [5.74, 6) is 0.624. The molecule has 1 fully saturated rings. The average Bonchev–Trinajstić information content (AvgIpc) is 3.31. The topological polar surface area (TPSA) is 71.4 Å². The summed E-state index contributed by atoms with van der Waals surface area (Å²) in [6, 6.07) is 7.20. The second kappa shape index (κ2) is 6.11. The molecule has 1 N–H and O–H groups in total. The van der Waals surface area contributed by atoms with Gasteiger partial charge in [-0.05, 0) is 25.0 Å². The van der Waals surface area contributed by atoms with Crippen LogP contribution in [0.5, 0.6) is 11.5 Å². The maximum atomic E-state index is 12.3. The summed E-state index contributed by atoms with van der Waals surface area (Å²) in [4.78, 5) is 12.3. The van der Waals surface area contributed by atoms with Crippen molar-refractivity contribution >= 4 is 5.78 Å². The summed E-state index contributed by atoms with van der Waals surface area (Å²) in [7, 11) is 3.01. The molecular weight excluding hydrogens is 256 g/mol. The standard InChI is InChI=1S/C15H16N2O3/c1-19-12-5-6-13(14(7-12)20-2)15(18)10(8-16)9-17-11-3-4-11/h5-7,9,11,17H,3-4H2,1-2H3/b10-9+. The van der Waals surface area contributed by atoms with Gasteiger partial charge in [0.05, 0.1) is 19.8 Å². The molecule has 104 valence electrons. The highest BCUT2D eigenvalue weighted by molar-refractivity contribution is 6.12. The lowest BCUT2D eigenvalue weighted by Gasteiger charge is -2.09. The van der Waals surface area contributed by atoms with E-state index in [1.807, 2.05) is 6.07 Å². The predicted molar refractivity (Wildman–Crippen MR) is 73.7 cm³/mol. The van der Waals surface area contributed by atoms with Gasteiger partial charge < -0.3 is 14.8 Å². The fourth-order valence-corrected chi connectivity index (χ4v) is 1.73.